The zero-order valence-corrected chi connectivity index (χ0v) is 11.5. The number of aromatic hydroxyl groups is 2. The maximum atomic E-state index is 11.1. The summed E-state index contributed by atoms with van der Waals surface area (Å²) in [7, 11) is 0. The molecule has 106 valence electrons. The van der Waals surface area contributed by atoms with E-state index in [0.29, 0.717) is 17.9 Å². The van der Waals surface area contributed by atoms with Crippen LogP contribution in [-0.2, 0) is 4.74 Å². The molecule has 2 aromatic rings. The lowest BCUT2D eigenvalue weighted by atomic mass is 10.2. The summed E-state index contributed by atoms with van der Waals surface area (Å²) >= 11 is 0. The number of hydrogen-bond acceptors (Lipinski definition) is 4. The van der Waals surface area contributed by atoms with Crippen LogP contribution in [0.25, 0.3) is 0 Å². The summed E-state index contributed by atoms with van der Waals surface area (Å²) in [5.41, 5.74) is 1.62. The highest BCUT2D eigenvalue weighted by Gasteiger charge is 2.04. The third-order valence-electron chi connectivity index (χ3n) is 2.41. The van der Waals surface area contributed by atoms with E-state index < -0.39 is 0 Å². The highest BCUT2D eigenvalue weighted by Crippen LogP contribution is 2.10. The molecule has 0 amide bonds. The van der Waals surface area contributed by atoms with Gasteiger partial charge in [-0.2, -0.15) is 0 Å². The summed E-state index contributed by atoms with van der Waals surface area (Å²) in [6.07, 6.45) is 0. The van der Waals surface area contributed by atoms with Crippen molar-refractivity contribution in [3.63, 3.8) is 0 Å². The van der Waals surface area contributed by atoms with Crippen LogP contribution in [0.3, 0.4) is 0 Å². The molecule has 0 unspecified atom stereocenters. The molecule has 0 heterocycles. The molecular weight excluding hydrogens is 256 g/mol. The molecular formula is C16H18O4. The molecule has 0 fully saturated rings. The molecule has 2 rings (SSSR count). The van der Waals surface area contributed by atoms with E-state index in [0.717, 1.165) is 0 Å². The molecule has 0 radical (unpaired) electrons. The van der Waals surface area contributed by atoms with Crippen molar-refractivity contribution in [3.8, 4) is 11.5 Å². The van der Waals surface area contributed by atoms with E-state index in [-0.39, 0.29) is 11.7 Å². The first-order valence-electron chi connectivity index (χ1n) is 6.24. The maximum absolute atomic E-state index is 11.1. The van der Waals surface area contributed by atoms with Gasteiger partial charge in [0.05, 0.1) is 12.2 Å². The van der Waals surface area contributed by atoms with Crippen molar-refractivity contribution in [2.45, 2.75) is 13.8 Å². The van der Waals surface area contributed by atoms with Gasteiger partial charge in [-0.25, -0.2) is 4.79 Å². The van der Waals surface area contributed by atoms with Crippen LogP contribution in [0.2, 0.25) is 0 Å². The van der Waals surface area contributed by atoms with Gasteiger partial charge >= 0.3 is 5.97 Å². The minimum atomic E-state index is -0.363. The number of esters is 1. The van der Waals surface area contributed by atoms with Crippen molar-refractivity contribution < 1.29 is 19.7 Å². The SMILES string of the molecule is CCOC(=O)c1ccc(O)cc1.Cc1ccc(O)cc1. The standard InChI is InChI=1S/C9H10O3.C7H8O/c1-2-12-9(11)7-3-5-8(10)6-4-7;1-6-2-4-7(8)5-3-6/h3-6,10H,2H2,1H3;2-5,8H,1H3. The number of phenols is 2. The van der Waals surface area contributed by atoms with Gasteiger partial charge in [-0.05, 0) is 50.2 Å². The van der Waals surface area contributed by atoms with Gasteiger partial charge < -0.3 is 14.9 Å². The molecule has 0 atom stereocenters. The first-order chi connectivity index (χ1) is 9.52. The molecule has 0 saturated heterocycles. The Hall–Kier alpha value is -2.49. The largest absolute Gasteiger partial charge is 0.508 e. The van der Waals surface area contributed by atoms with Crippen molar-refractivity contribution in [3.05, 3.63) is 59.7 Å². The smallest absolute Gasteiger partial charge is 0.338 e. The third kappa shape index (κ3) is 5.44. The number of phenolic OH excluding ortho intramolecular Hbond substituents is 2. The van der Waals surface area contributed by atoms with Crippen LogP contribution in [-0.4, -0.2) is 22.8 Å². The summed E-state index contributed by atoms with van der Waals surface area (Å²) < 4.78 is 4.75. The van der Waals surface area contributed by atoms with Crippen LogP contribution in [0, 0.1) is 6.92 Å². The van der Waals surface area contributed by atoms with Gasteiger partial charge in [0, 0.05) is 0 Å². The molecule has 0 aliphatic carbocycles. The molecule has 0 bridgehead atoms. The van der Waals surface area contributed by atoms with E-state index in [1.807, 2.05) is 19.1 Å². The van der Waals surface area contributed by atoms with Crippen LogP contribution in [0.4, 0.5) is 0 Å². The summed E-state index contributed by atoms with van der Waals surface area (Å²) in [4.78, 5) is 11.1. The average molecular weight is 274 g/mol. The Morgan fingerprint density at radius 2 is 1.40 bits per heavy atom. The fraction of sp³-hybridized carbons (Fsp3) is 0.188. The van der Waals surface area contributed by atoms with Crippen LogP contribution >= 0.6 is 0 Å². The summed E-state index contributed by atoms with van der Waals surface area (Å²) in [5, 5.41) is 17.7. The van der Waals surface area contributed by atoms with E-state index in [1.54, 1.807) is 19.1 Å². The molecule has 0 saturated carbocycles. The van der Waals surface area contributed by atoms with Crippen molar-refractivity contribution in [2.24, 2.45) is 0 Å². The number of carbonyl (C=O) groups is 1. The van der Waals surface area contributed by atoms with Crippen LogP contribution in [0.15, 0.2) is 48.5 Å². The monoisotopic (exact) mass is 274 g/mol. The van der Waals surface area contributed by atoms with Gasteiger partial charge in [0.25, 0.3) is 0 Å². The molecule has 4 heteroatoms. The number of hydrogen-bond donors (Lipinski definition) is 2. The first kappa shape index (κ1) is 15.6. The van der Waals surface area contributed by atoms with Crippen molar-refractivity contribution >= 4 is 5.97 Å². The third-order valence-corrected chi connectivity index (χ3v) is 2.41. The zero-order chi connectivity index (χ0) is 15.0. The highest BCUT2D eigenvalue weighted by molar-refractivity contribution is 5.89. The zero-order valence-electron chi connectivity index (χ0n) is 11.5. The Morgan fingerprint density at radius 1 is 0.950 bits per heavy atom. The van der Waals surface area contributed by atoms with Gasteiger partial charge in [0.2, 0.25) is 0 Å². The molecule has 20 heavy (non-hydrogen) atoms. The van der Waals surface area contributed by atoms with Gasteiger partial charge in [-0.3, -0.25) is 0 Å². The fourth-order valence-corrected chi connectivity index (χ4v) is 1.36. The Kier molecular flexibility index (Phi) is 6.10. The first-order valence-corrected chi connectivity index (χ1v) is 6.24. The molecule has 0 aliphatic rings. The van der Waals surface area contributed by atoms with Crippen LogP contribution in [0.5, 0.6) is 11.5 Å². The normalized spacial score (nSPS) is 9.30. The second kappa shape index (κ2) is 7.84. The van der Waals surface area contributed by atoms with E-state index in [1.165, 1.54) is 29.8 Å². The molecule has 0 spiro atoms. The fourth-order valence-electron chi connectivity index (χ4n) is 1.36. The summed E-state index contributed by atoms with van der Waals surface area (Å²) in [6, 6.07) is 13.0. The highest BCUT2D eigenvalue weighted by atomic mass is 16.5. The average Bonchev–Trinajstić information content (AvgIpc) is 2.44. The van der Waals surface area contributed by atoms with E-state index in [9.17, 15) is 4.79 Å². The van der Waals surface area contributed by atoms with E-state index in [2.05, 4.69) is 0 Å². The minimum absolute atomic E-state index is 0.142. The number of benzene rings is 2. The summed E-state index contributed by atoms with van der Waals surface area (Å²) in [6.45, 7) is 4.09. The van der Waals surface area contributed by atoms with Crippen molar-refractivity contribution in [1.29, 1.82) is 0 Å². The van der Waals surface area contributed by atoms with Crippen molar-refractivity contribution in [2.75, 3.05) is 6.61 Å². The number of carbonyl (C=O) groups excluding carboxylic acids is 1. The van der Waals surface area contributed by atoms with Gasteiger partial charge in [0.15, 0.2) is 0 Å². The second-order valence-electron chi connectivity index (χ2n) is 4.10. The van der Waals surface area contributed by atoms with E-state index >= 15 is 0 Å². The quantitative estimate of drug-likeness (QED) is 0.825. The Labute approximate surface area is 118 Å². The van der Waals surface area contributed by atoms with Crippen LogP contribution < -0.4 is 0 Å². The van der Waals surface area contributed by atoms with Gasteiger partial charge in [-0.15, -0.1) is 0 Å². The maximum Gasteiger partial charge on any atom is 0.338 e. The molecule has 0 aliphatic heterocycles. The molecule has 0 aromatic heterocycles. The Balaban J connectivity index is 0.000000217. The van der Waals surface area contributed by atoms with Gasteiger partial charge in [0.1, 0.15) is 11.5 Å². The minimum Gasteiger partial charge on any atom is -0.508 e. The lowest BCUT2D eigenvalue weighted by Gasteiger charge is -2.00. The van der Waals surface area contributed by atoms with E-state index in [4.69, 9.17) is 14.9 Å². The van der Waals surface area contributed by atoms with Crippen molar-refractivity contribution in [1.82, 2.24) is 0 Å². The predicted octanol–water partition coefficient (Wildman–Crippen LogP) is 3.27. The second-order valence-corrected chi connectivity index (χ2v) is 4.10. The topological polar surface area (TPSA) is 66.8 Å². The molecule has 2 N–H and O–H groups in total. The lowest BCUT2D eigenvalue weighted by Crippen LogP contribution is -2.03. The summed E-state index contributed by atoms with van der Waals surface area (Å²) in [5.74, 6) is 0.108. The van der Waals surface area contributed by atoms with Crippen LogP contribution in [0.1, 0.15) is 22.8 Å². The number of aryl methyl sites for hydroxylation is 1. The molecule has 4 nitrogen and oxygen atoms in total. The predicted molar refractivity (Wildman–Crippen MR) is 76.9 cm³/mol. The van der Waals surface area contributed by atoms with Gasteiger partial charge in [-0.1, -0.05) is 17.7 Å². The lowest BCUT2D eigenvalue weighted by molar-refractivity contribution is 0.0526. The Morgan fingerprint density at radius 3 is 1.80 bits per heavy atom. The molecule has 2 aromatic carbocycles. The number of ether oxygens (including phenoxy) is 1. The Bertz CT molecular complexity index is 508. The number of rotatable bonds is 2.